The van der Waals surface area contributed by atoms with E-state index < -0.39 is 0 Å². The molecule has 0 saturated heterocycles. The molecule has 2 aliphatic heterocycles. The molecule has 16 heavy (non-hydrogen) atoms. The quantitative estimate of drug-likeness (QED) is 0.770. The molecule has 2 aliphatic rings. The Hall–Kier alpha value is -2.07. The third-order valence-corrected chi connectivity index (χ3v) is 2.58. The fourth-order valence-corrected chi connectivity index (χ4v) is 1.76. The highest BCUT2D eigenvalue weighted by Gasteiger charge is 2.22. The summed E-state index contributed by atoms with van der Waals surface area (Å²) in [5.74, 6) is 0.880. The lowest BCUT2D eigenvalue weighted by molar-refractivity contribution is 0.347. The van der Waals surface area contributed by atoms with Crippen LogP contribution in [0.2, 0.25) is 0 Å². The fraction of sp³-hybridized carbons (Fsp3) is 0.0833. The second-order valence-electron chi connectivity index (χ2n) is 3.71. The minimum atomic E-state index is 0.880. The van der Waals surface area contributed by atoms with Gasteiger partial charge in [-0.15, -0.1) is 5.53 Å². The average molecular weight is 212 g/mol. The molecule has 0 atom stereocenters. The molecule has 0 fully saturated rings. The summed E-state index contributed by atoms with van der Waals surface area (Å²) < 4.78 is 0. The smallest absolute Gasteiger partial charge is 0.148 e. The van der Waals surface area contributed by atoms with Crippen LogP contribution in [0.4, 0.5) is 5.82 Å². The Morgan fingerprint density at radius 2 is 2.25 bits per heavy atom. The molecule has 1 aromatic heterocycles. The van der Waals surface area contributed by atoms with E-state index in [9.17, 15) is 0 Å². The second-order valence-corrected chi connectivity index (χ2v) is 3.71. The van der Waals surface area contributed by atoms with Crippen molar-refractivity contribution in [2.75, 3.05) is 5.01 Å². The Bertz CT molecular complexity index is 487. The van der Waals surface area contributed by atoms with Crippen molar-refractivity contribution in [3.05, 3.63) is 60.2 Å². The predicted molar refractivity (Wildman–Crippen MR) is 62.7 cm³/mol. The van der Waals surface area contributed by atoms with Gasteiger partial charge in [0.25, 0.3) is 0 Å². The van der Waals surface area contributed by atoms with Gasteiger partial charge in [0.15, 0.2) is 0 Å². The van der Waals surface area contributed by atoms with Gasteiger partial charge >= 0.3 is 0 Å². The Labute approximate surface area is 94.1 Å². The minimum absolute atomic E-state index is 0.880. The van der Waals surface area contributed by atoms with E-state index in [2.05, 4.69) is 29.6 Å². The molecule has 0 spiro atoms. The third-order valence-electron chi connectivity index (χ3n) is 2.58. The molecule has 0 bridgehead atoms. The lowest BCUT2D eigenvalue weighted by Gasteiger charge is -2.25. The molecule has 0 saturated carbocycles. The summed E-state index contributed by atoms with van der Waals surface area (Å²) in [6.45, 7) is 2.06. The number of hydrazine groups is 2. The van der Waals surface area contributed by atoms with Crippen LogP contribution >= 0.6 is 0 Å². The van der Waals surface area contributed by atoms with Gasteiger partial charge in [-0.25, -0.2) is 9.99 Å². The van der Waals surface area contributed by atoms with E-state index in [1.807, 2.05) is 40.5 Å². The molecule has 0 amide bonds. The summed E-state index contributed by atoms with van der Waals surface area (Å²) in [7, 11) is 0. The Morgan fingerprint density at radius 3 is 3.00 bits per heavy atom. The minimum Gasteiger partial charge on any atom is -0.262 e. The largest absolute Gasteiger partial charge is 0.262 e. The van der Waals surface area contributed by atoms with Gasteiger partial charge < -0.3 is 0 Å². The van der Waals surface area contributed by atoms with Gasteiger partial charge in [-0.2, -0.15) is 0 Å². The number of aromatic nitrogens is 1. The Balaban J connectivity index is 1.92. The topological polar surface area (TPSA) is 31.4 Å². The highest BCUT2D eigenvalue weighted by atomic mass is 15.8. The van der Waals surface area contributed by atoms with Crippen molar-refractivity contribution in [3.63, 3.8) is 0 Å². The Morgan fingerprint density at radius 1 is 1.31 bits per heavy atom. The maximum Gasteiger partial charge on any atom is 0.148 e. The zero-order valence-electron chi connectivity index (χ0n) is 8.96. The van der Waals surface area contributed by atoms with Crippen molar-refractivity contribution < 1.29 is 0 Å². The van der Waals surface area contributed by atoms with Crippen LogP contribution in [0.1, 0.15) is 6.92 Å². The molecule has 1 aromatic rings. The molecule has 80 valence electrons. The van der Waals surface area contributed by atoms with E-state index in [1.165, 1.54) is 0 Å². The van der Waals surface area contributed by atoms with Gasteiger partial charge in [-0.05, 0) is 31.2 Å². The lowest BCUT2D eigenvalue weighted by atomic mass is 10.2. The zero-order chi connectivity index (χ0) is 11.0. The second kappa shape index (κ2) is 3.50. The zero-order valence-corrected chi connectivity index (χ0v) is 8.96. The SMILES string of the molecule is CC1=CC=CC2=CN(c3ccccn3)NN12. The van der Waals surface area contributed by atoms with Crippen LogP contribution in [0.25, 0.3) is 0 Å². The van der Waals surface area contributed by atoms with Crippen LogP contribution < -0.4 is 10.5 Å². The first-order chi connectivity index (χ1) is 7.84. The van der Waals surface area contributed by atoms with Gasteiger partial charge in [0.05, 0.1) is 11.9 Å². The van der Waals surface area contributed by atoms with E-state index in [0.29, 0.717) is 0 Å². The van der Waals surface area contributed by atoms with Gasteiger partial charge in [0, 0.05) is 11.9 Å². The van der Waals surface area contributed by atoms with Crippen LogP contribution in [0.5, 0.6) is 0 Å². The molecule has 0 radical (unpaired) electrons. The summed E-state index contributed by atoms with van der Waals surface area (Å²) in [5, 5.41) is 3.93. The van der Waals surface area contributed by atoms with Gasteiger partial charge in [0.2, 0.25) is 0 Å². The van der Waals surface area contributed by atoms with Crippen molar-refractivity contribution in [1.29, 1.82) is 0 Å². The number of hydrogen-bond donors (Lipinski definition) is 1. The number of rotatable bonds is 1. The normalized spacial score (nSPS) is 18.3. The summed E-state index contributed by atoms with van der Waals surface area (Å²) in [4.78, 5) is 4.29. The maximum atomic E-state index is 4.29. The van der Waals surface area contributed by atoms with E-state index >= 15 is 0 Å². The summed E-state index contributed by atoms with van der Waals surface area (Å²) in [6.07, 6.45) is 9.97. The fourth-order valence-electron chi connectivity index (χ4n) is 1.76. The molecule has 0 aromatic carbocycles. The molecule has 3 heterocycles. The summed E-state index contributed by atoms with van der Waals surface area (Å²) >= 11 is 0. The molecule has 1 N–H and O–H groups in total. The van der Waals surface area contributed by atoms with Crippen LogP contribution in [0.15, 0.2) is 60.2 Å². The van der Waals surface area contributed by atoms with Gasteiger partial charge in [0.1, 0.15) is 5.82 Å². The number of hydrogen-bond acceptors (Lipinski definition) is 4. The maximum absolute atomic E-state index is 4.29. The highest BCUT2D eigenvalue weighted by molar-refractivity contribution is 5.46. The molecule has 3 rings (SSSR count). The van der Waals surface area contributed by atoms with E-state index in [4.69, 9.17) is 0 Å². The van der Waals surface area contributed by atoms with Crippen molar-refractivity contribution in [2.24, 2.45) is 0 Å². The molecular formula is C12H12N4. The number of pyridine rings is 1. The van der Waals surface area contributed by atoms with E-state index in [-0.39, 0.29) is 0 Å². The summed E-state index contributed by atoms with van der Waals surface area (Å²) in [5.41, 5.74) is 5.53. The van der Waals surface area contributed by atoms with Crippen molar-refractivity contribution >= 4 is 5.82 Å². The van der Waals surface area contributed by atoms with Crippen LogP contribution in [0.3, 0.4) is 0 Å². The Kier molecular flexibility index (Phi) is 2.01. The summed E-state index contributed by atoms with van der Waals surface area (Å²) in [6, 6.07) is 5.84. The van der Waals surface area contributed by atoms with Gasteiger partial charge in [-0.3, -0.25) is 5.01 Å². The molecular weight excluding hydrogens is 200 g/mol. The monoisotopic (exact) mass is 212 g/mol. The number of allylic oxidation sites excluding steroid dienone is 4. The molecule has 4 heteroatoms. The number of fused-ring (bicyclic) bond motifs is 1. The first-order valence-corrected chi connectivity index (χ1v) is 5.18. The number of nitrogens with zero attached hydrogens (tertiary/aromatic N) is 3. The van der Waals surface area contributed by atoms with Gasteiger partial charge in [-0.1, -0.05) is 12.1 Å². The van der Waals surface area contributed by atoms with Crippen LogP contribution in [-0.2, 0) is 0 Å². The number of nitrogens with one attached hydrogen (secondary N) is 1. The van der Waals surface area contributed by atoms with E-state index in [1.54, 1.807) is 6.20 Å². The molecule has 4 nitrogen and oxygen atoms in total. The average Bonchev–Trinajstić information content (AvgIpc) is 2.76. The van der Waals surface area contributed by atoms with Crippen molar-refractivity contribution in [3.8, 4) is 0 Å². The predicted octanol–water partition coefficient (Wildman–Crippen LogP) is 1.94. The van der Waals surface area contributed by atoms with Crippen molar-refractivity contribution in [1.82, 2.24) is 15.5 Å². The van der Waals surface area contributed by atoms with Crippen molar-refractivity contribution in [2.45, 2.75) is 6.92 Å². The lowest BCUT2D eigenvalue weighted by Crippen LogP contribution is -2.40. The van der Waals surface area contributed by atoms with E-state index in [0.717, 1.165) is 17.2 Å². The molecule has 0 aliphatic carbocycles. The third kappa shape index (κ3) is 1.40. The van der Waals surface area contributed by atoms with Crippen LogP contribution in [-0.4, -0.2) is 9.99 Å². The highest BCUT2D eigenvalue weighted by Crippen LogP contribution is 2.24. The first-order valence-electron chi connectivity index (χ1n) is 5.18. The number of anilines is 1. The standard InChI is InChI=1S/C12H12N4/c1-10-5-4-6-11-9-15(14-16(10)11)12-7-2-3-8-13-12/h2-9,14H,1H3. The first kappa shape index (κ1) is 9.18. The van der Waals surface area contributed by atoms with Crippen LogP contribution in [0, 0.1) is 0 Å². The molecule has 0 unspecified atom stereocenters.